The van der Waals surface area contributed by atoms with Crippen LogP contribution in [0.3, 0.4) is 0 Å². The molecule has 1 unspecified atom stereocenters. The Kier molecular flexibility index (Phi) is 3.91. The molecule has 5 heteroatoms. The standard InChI is InChI=1S/C11H13N3O2/c1-11(13-14-12,10(15)16-2)8-9-6-4-3-5-7-9/h3-7H,8H2,1-2H3. The highest BCUT2D eigenvalue weighted by molar-refractivity contribution is 5.80. The number of azide groups is 1. The van der Waals surface area contributed by atoms with Crippen LogP contribution in [-0.2, 0) is 16.0 Å². The molecule has 0 heterocycles. The number of benzene rings is 1. The van der Waals surface area contributed by atoms with E-state index in [1.54, 1.807) is 6.92 Å². The first-order valence-electron chi connectivity index (χ1n) is 4.81. The molecule has 0 spiro atoms. The van der Waals surface area contributed by atoms with Crippen LogP contribution < -0.4 is 0 Å². The normalized spacial score (nSPS) is 13.4. The number of rotatable bonds is 4. The van der Waals surface area contributed by atoms with Crippen molar-refractivity contribution in [2.24, 2.45) is 5.11 Å². The first-order valence-corrected chi connectivity index (χ1v) is 4.81. The highest BCUT2D eigenvalue weighted by Gasteiger charge is 2.33. The summed E-state index contributed by atoms with van der Waals surface area (Å²) in [6.07, 6.45) is 0.324. The second-order valence-electron chi connectivity index (χ2n) is 3.62. The molecular formula is C11H13N3O2. The SMILES string of the molecule is COC(=O)C(C)(Cc1ccccc1)N=[N+]=[N-]. The molecule has 0 radical (unpaired) electrons. The van der Waals surface area contributed by atoms with Crippen LogP contribution in [0.4, 0.5) is 0 Å². The van der Waals surface area contributed by atoms with Gasteiger partial charge in [0.05, 0.1) is 7.11 Å². The van der Waals surface area contributed by atoms with Crippen molar-refractivity contribution in [3.05, 3.63) is 46.3 Å². The number of ether oxygens (including phenoxy) is 1. The minimum atomic E-state index is -1.19. The van der Waals surface area contributed by atoms with Crippen LogP contribution >= 0.6 is 0 Å². The average molecular weight is 219 g/mol. The minimum Gasteiger partial charge on any atom is -0.468 e. The van der Waals surface area contributed by atoms with Gasteiger partial charge in [-0.05, 0) is 24.4 Å². The molecule has 1 aromatic carbocycles. The molecule has 1 atom stereocenters. The van der Waals surface area contributed by atoms with Crippen molar-refractivity contribution < 1.29 is 9.53 Å². The molecule has 16 heavy (non-hydrogen) atoms. The number of methoxy groups -OCH3 is 1. The maximum Gasteiger partial charge on any atom is 0.317 e. The molecule has 1 rings (SSSR count). The summed E-state index contributed by atoms with van der Waals surface area (Å²) in [5.41, 5.74) is 8.20. The molecule has 0 bridgehead atoms. The Morgan fingerprint density at radius 1 is 1.50 bits per heavy atom. The lowest BCUT2D eigenvalue weighted by Crippen LogP contribution is -2.36. The number of hydrogen-bond acceptors (Lipinski definition) is 3. The Morgan fingerprint density at radius 3 is 2.62 bits per heavy atom. The van der Waals surface area contributed by atoms with Crippen LogP contribution in [-0.4, -0.2) is 18.6 Å². The van der Waals surface area contributed by atoms with Crippen LogP contribution in [0.2, 0.25) is 0 Å². The number of carbonyl (C=O) groups is 1. The maximum absolute atomic E-state index is 11.5. The van der Waals surface area contributed by atoms with Crippen molar-refractivity contribution in [1.82, 2.24) is 0 Å². The molecule has 0 aliphatic rings. The van der Waals surface area contributed by atoms with E-state index in [0.717, 1.165) is 5.56 Å². The summed E-state index contributed by atoms with van der Waals surface area (Å²) in [4.78, 5) is 14.2. The van der Waals surface area contributed by atoms with Crippen molar-refractivity contribution in [1.29, 1.82) is 0 Å². The highest BCUT2D eigenvalue weighted by atomic mass is 16.5. The van der Waals surface area contributed by atoms with E-state index in [2.05, 4.69) is 14.8 Å². The zero-order valence-corrected chi connectivity index (χ0v) is 9.25. The van der Waals surface area contributed by atoms with E-state index in [9.17, 15) is 4.79 Å². The number of esters is 1. The van der Waals surface area contributed by atoms with Gasteiger partial charge in [-0.15, -0.1) is 0 Å². The van der Waals surface area contributed by atoms with Gasteiger partial charge >= 0.3 is 5.97 Å². The summed E-state index contributed by atoms with van der Waals surface area (Å²) in [7, 11) is 1.28. The van der Waals surface area contributed by atoms with Crippen LogP contribution in [0.1, 0.15) is 12.5 Å². The quantitative estimate of drug-likeness (QED) is 0.337. The molecule has 84 valence electrons. The summed E-state index contributed by atoms with van der Waals surface area (Å²) < 4.78 is 4.64. The van der Waals surface area contributed by atoms with Gasteiger partial charge in [-0.25, -0.2) is 0 Å². The summed E-state index contributed by atoms with van der Waals surface area (Å²) in [6.45, 7) is 1.56. The predicted octanol–water partition coefficient (Wildman–Crippen LogP) is 2.47. The maximum atomic E-state index is 11.5. The van der Waals surface area contributed by atoms with Gasteiger partial charge in [-0.1, -0.05) is 35.4 Å². The number of carbonyl (C=O) groups excluding carboxylic acids is 1. The third-order valence-corrected chi connectivity index (χ3v) is 2.28. The fourth-order valence-electron chi connectivity index (χ4n) is 1.46. The van der Waals surface area contributed by atoms with Gasteiger partial charge in [-0.2, -0.15) is 0 Å². The van der Waals surface area contributed by atoms with Gasteiger partial charge < -0.3 is 4.74 Å². The van der Waals surface area contributed by atoms with Gasteiger partial charge in [0.2, 0.25) is 0 Å². The highest BCUT2D eigenvalue weighted by Crippen LogP contribution is 2.19. The van der Waals surface area contributed by atoms with Crippen molar-refractivity contribution in [2.75, 3.05) is 7.11 Å². The van der Waals surface area contributed by atoms with Crippen LogP contribution in [0, 0.1) is 0 Å². The van der Waals surface area contributed by atoms with E-state index < -0.39 is 11.5 Å². The molecule has 1 aromatic rings. The Balaban J connectivity index is 2.96. The van der Waals surface area contributed by atoms with Crippen LogP contribution in [0.15, 0.2) is 35.4 Å². The zero-order valence-electron chi connectivity index (χ0n) is 9.25. The summed E-state index contributed by atoms with van der Waals surface area (Å²) in [5.74, 6) is -0.533. The second-order valence-corrected chi connectivity index (χ2v) is 3.62. The van der Waals surface area contributed by atoms with E-state index in [4.69, 9.17) is 5.53 Å². The van der Waals surface area contributed by atoms with E-state index in [-0.39, 0.29) is 0 Å². The average Bonchev–Trinajstić information content (AvgIpc) is 2.29. The molecule has 0 amide bonds. The third kappa shape index (κ3) is 2.74. The molecule has 0 N–H and O–H groups in total. The largest absolute Gasteiger partial charge is 0.468 e. The van der Waals surface area contributed by atoms with Crippen molar-refractivity contribution in [3.8, 4) is 0 Å². The molecule has 0 aliphatic carbocycles. The molecule has 0 aliphatic heterocycles. The topological polar surface area (TPSA) is 75.1 Å². The summed E-state index contributed by atoms with van der Waals surface area (Å²) >= 11 is 0. The van der Waals surface area contributed by atoms with E-state index >= 15 is 0 Å². The lowest BCUT2D eigenvalue weighted by atomic mass is 9.94. The number of nitrogens with zero attached hydrogens (tertiary/aromatic N) is 3. The fourth-order valence-corrected chi connectivity index (χ4v) is 1.46. The molecule has 0 saturated heterocycles. The summed E-state index contributed by atoms with van der Waals surface area (Å²) in [5, 5.41) is 3.53. The van der Waals surface area contributed by atoms with Gasteiger partial charge in [-0.3, -0.25) is 4.79 Å². The van der Waals surface area contributed by atoms with Crippen molar-refractivity contribution in [2.45, 2.75) is 18.9 Å². The second kappa shape index (κ2) is 5.19. The van der Waals surface area contributed by atoms with Gasteiger partial charge in [0.1, 0.15) is 5.54 Å². The Morgan fingerprint density at radius 2 is 2.12 bits per heavy atom. The van der Waals surface area contributed by atoms with Gasteiger partial charge in [0.15, 0.2) is 0 Å². The summed E-state index contributed by atoms with van der Waals surface area (Å²) in [6, 6.07) is 9.35. The van der Waals surface area contributed by atoms with Crippen molar-refractivity contribution >= 4 is 5.97 Å². The lowest BCUT2D eigenvalue weighted by molar-refractivity contribution is -0.146. The predicted molar refractivity (Wildman–Crippen MR) is 59.7 cm³/mol. The van der Waals surface area contributed by atoms with E-state index in [1.807, 2.05) is 30.3 Å². The fraction of sp³-hybridized carbons (Fsp3) is 0.364. The molecule has 0 fully saturated rings. The Hall–Kier alpha value is -2.00. The number of hydrogen-bond donors (Lipinski definition) is 0. The molecular weight excluding hydrogens is 206 g/mol. The first kappa shape index (κ1) is 12.1. The zero-order chi connectivity index (χ0) is 12.0. The van der Waals surface area contributed by atoms with Gasteiger partial charge in [0.25, 0.3) is 0 Å². The van der Waals surface area contributed by atoms with Crippen LogP contribution in [0.25, 0.3) is 10.4 Å². The Labute approximate surface area is 93.7 Å². The lowest BCUT2D eigenvalue weighted by Gasteiger charge is -2.20. The first-order chi connectivity index (χ1) is 7.62. The van der Waals surface area contributed by atoms with Crippen LogP contribution in [0.5, 0.6) is 0 Å². The Bertz CT molecular complexity index is 412. The molecule has 0 saturated carbocycles. The van der Waals surface area contributed by atoms with Crippen molar-refractivity contribution in [3.63, 3.8) is 0 Å². The van der Waals surface area contributed by atoms with Gasteiger partial charge in [0, 0.05) is 4.91 Å². The van der Waals surface area contributed by atoms with E-state index in [0.29, 0.717) is 6.42 Å². The minimum absolute atomic E-state index is 0.324. The molecule has 5 nitrogen and oxygen atoms in total. The molecule has 0 aromatic heterocycles. The van der Waals surface area contributed by atoms with E-state index in [1.165, 1.54) is 7.11 Å². The monoisotopic (exact) mass is 219 g/mol. The third-order valence-electron chi connectivity index (χ3n) is 2.28. The smallest absolute Gasteiger partial charge is 0.317 e.